The molecule has 3 aromatic carbocycles. The van der Waals surface area contributed by atoms with Gasteiger partial charge in [-0.2, -0.15) is 0 Å². The third kappa shape index (κ3) is 6.61. The third-order valence-corrected chi connectivity index (χ3v) is 6.88. The number of pyridine rings is 1. The van der Waals surface area contributed by atoms with Gasteiger partial charge >= 0.3 is 5.97 Å². The van der Waals surface area contributed by atoms with Gasteiger partial charge in [-0.3, -0.25) is 14.7 Å². The number of para-hydroxylation sites is 1. The molecule has 0 bridgehead atoms. The van der Waals surface area contributed by atoms with Crippen LogP contribution >= 0.6 is 11.8 Å². The number of aromatic nitrogens is 1. The zero-order valence-electron chi connectivity index (χ0n) is 21.2. The number of benzene rings is 3. The summed E-state index contributed by atoms with van der Waals surface area (Å²) in [6.07, 6.45) is 5.32. The van der Waals surface area contributed by atoms with Crippen LogP contribution in [0.5, 0.6) is 5.75 Å². The molecule has 194 valence electrons. The Morgan fingerprint density at radius 1 is 0.974 bits per heavy atom. The largest absolute Gasteiger partial charge is 0.489 e. The maximum Gasteiger partial charge on any atom is 0.337 e. The van der Waals surface area contributed by atoms with Gasteiger partial charge in [0.1, 0.15) is 12.4 Å². The van der Waals surface area contributed by atoms with Gasteiger partial charge in [0, 0.05) is 12.4 Å². The first kappa shape index (κ1) is 25.9. The quantitative estimate of drug-likeness (QED) is 0.196. The summed E-state index contributed by atoms with van der Waals surface area (Å²) in [5.41, 5.74) is 3.94. The molecule has 1 aromatic heterocycles. The van der Waals surface area contributed by atoms with Crippen LogP contribution in [0.4, 0.5) is 5.69 Å². The Labute approximate surface area is 230 Å². The summed E-state index contributed by atoms with van der Waals surface area (Å²) >= 11 is 1.35. The standard InChI is InChI=1S/C31H25N3O4S/c1-37-30(36)25-14-12-22(13-15-25)21-38-27-11-5-7-23(17-27)18-28-29(35)34(20-24-8-6-16-32-19-24)31(39-28)33-26-9-3-2-4-10-26/h2-19H,20-21H2,1H3. The zero-order valence-corrected chi connectivity index (χ0v) is 22.0. The number of hydrogen-bond acceptors (Lipinski definition) is 7. The summed E-state index contributed by atoms with van der Waals surface area (Å²) in [6.45, 7) is 0.711. The van der Waals surface area contributed by atoms with Crippen molar-refractivity contribution in [2.75, 3.05) is 7.11 Å². The number of amides is 1. The van der Waals surface area contributed by atoms with E-state index in [0.29, 0.717) is 34.5 Å². The molecular formula is C31H25N3O4S. The van der Waals surface area contributed by atoms with Crippen LogP contribution in [0, 0.1) is 0 Å². The molecule has 0 saturated carbocycles. The fraction of sp³-hybridized carbons (Fsp3) is 0.0968. The smallest absolute Gasteiger partial charge is 0.337 e. The molecule has 8 heteroatoms. The lowest BCUT2D eigenvalue weighted by Crippen LogP contribution is -2.28. The maximum absolute atomic E-state index is 13.5. The van der Waals surface area contributed by atoms with Crippen LogP contribution in [-0.4, -0.2) is 34.0 Å². The SMILES string of the molecule is COC(=O)c1ccc(COc2cccc(C=C3SC(=Nc4ccccc4)N(Cc4cccnc4)C3=O)c2)cc1. The van der Waals surface area contributed by atoms with E-state index >= 15 is 0 Å². The number of hydrogen-bond donors (Lipinski definition) is 0. The van der Waals surface area contributed by atoms with Crippen molar-refractivity contribution in [1.29, 1.82) is 0 Å². The molecule has 5 rings (SSSR count). The van der Waals surface area contributed by atoms with E-state index in [1.807, 2.05) is 84.9 Å². The number of aliphatic imine (C=N–C) groups is 1. The fourth-order valence-electron chi connectivity index (χ4n) is 3.89. The second-order valence-electron chi connectivity index (χ2n) is 8.64. The Bertz CT molecular complexity index is 1520. The first-order valence-electron chi connectivity index (χ1n) is 12.2. The van der Waals surface area contributed by atoms with Crippen LogP contribution in [-0.2, 0) is 22.7 Å². The van der Waals surface area contributed by atoms with Crippen molar-refractivity contribution in [2.24, 2.45) is 4.99 Å². The van der Waals surface area contributed by atoms with E-state index in [4.69, 9.17) is 14.5 Å². The summed E-state index contributed by atoms with van der Waals surface area (Å²) in [6, 6.07) is 28.0. The van der Waals surface area contributed by atoms with Crippen molar-refractivity contribution in [2.45, 2.75) is 13.2 Å². The number of carbonyl (C=O) groups excluding carboxylic acids is 2. The summed E-state index contributed by atoms with van der Waals surface area (Å²) in [7, 11) is 1.36. The molecule has 0 unspecified atom stereocenters. The van der Waals surface area contributed by atoms with Gasteiger partial charge in [-0.05, 0) is 77.0 Å². The van der Waals surface area contributed by atoms with Crippen molar-refractivity contribution in [1.82, 2.24) is 9.88 Å². The molecular weight excluding hydrogens is 510 g/mol. The Kier molecular flexibility index (Phi) is 8.14. The normalized spacial score (nSPS) is 15.1. The van der Waals surface area contributed by atoms with Gasteiger partial charge in [0.15, 0.2) is 5.17 Å². The minimum Gasteiger partial charge on any atom is -0.489 e. The molecule has 39 heavy (non-hydrogen) atoms. The molecule has 1 aliphatic heterocycles. The lowest BCUT2D eigenvalue weighted by atomic mass is 10.1. The Hall–Kier alpha value is -4.69. The zero-order chi connectivity index (χ0) is 27.0. The van der Waals surface area contributed by atoms with E-state index in [9.17, 15) is 9.59 Å². The molecule has 1 aliphatic rings. The second kappa shape index (κ2) is 12.2. The average molecular weight is 536 g/mol. The molecule has 0 atom stereocenters. The molecule has 1 saturated heterocycles. The van der Waals surface area contributed by atoms with Gasteiger partial charge in [-0.15, -0.1) is 0 Å². The van der Waals surface area contributed by atoms with Crippen molar-refractivity contribution in [3.63, 3.8) is 0 Å². The fourth-order valence-corrected chi connectivity index (χ4v) is 4.88. The van der Waals surface area contributed by atoms with E-state index in [-0.39, 0.29) is 11.9 Å². The number of rotatable bonds is 8. The van der Waals surface area contributed by atoms with Crippen molar-refractivity contribution in [3.8, 4) is 5.75 Å². The number of nitrogens with zero attached hydrogens (tertiary/aromatic N) is 3. The van der Waals surface area contributed by atoms with Crippen LogP contribution in [0.3, 0.4) is 0 Å². The highest BCUT2D eigenvalue weighted by atomic mass is 32.2. The van der Waals surface area contributed by atoms with Crippen LogP contribution in [0.2, 0.25) is 0 Å². The van der Waals surface area contributed by atoms with Crippen LogP contribution in [0.25, 0.3) is 6.08 Å². The highest BCUT2D eigenvalue weighted by Crippen LogP contribution is 2.35. The highest BCUT2D eigenvalue weighted by Gasteiger charge is 2.33. The molecule has 0 spiro atoms. The van der Waals surface area contributed by atoms with Crippen LogP contribution in [0.15, 0.2) is 113 Å². The number of carbonyl (C=O) groups is 2. The molecule has 1 fully saturated rings. The predicted molar refractivity (Wildman–Crippen MR) is 152 cm³/mol. The number of esters is 1. The van der Waals surface area contributed by atoms with E-state index in [1.54, 1.807) is 29.4 Å². The topological polar surface area (TPSA) is 81.1 Å². The minimum absolute atomic E-state index is 0.115. The molecule has 0 aliphatic carbocycles. The highest BCUT2D eigenvalue weighted by molar-refractivity contribution is 8.18. The van der Waals surface area contributed by atoms with E-state index in [2.05, 4.69) is 4.98 Å². The first-order valence-corrected chi connectivity index (χ1v) is 13.0. The summed E-state index contributed by atoms with van der Waals surface area (Å²) in [4.78, 5) is 36.3. The van der Waals surface area contributed by atoms with E-state index in [0.717, 1.165) is 22.4 Å². The Morgan fingerprint density at radius 2 is 1.79 bits per heavy atom. The molecule has 1 amide bonds. The molecule has 0 radical (unpaired) electrons. The van der Waals surface area contributed by atoms with E-state index in [1.165, 1.54) is 18.9 Å². The van der Waals surface area contributed by atoms with Crippen LogP contribution < -0.4 is 4.74 Å². The molecule has 0 N–H and O–H groups in total. The summed E-state index contributed by atoms with van der Waals surface area (Å²) in [5.74, 6) is 0.177. The van der Waals surface area contributed by atoms with Crippen molar-refractivity contribution >= 4 is 40.6 Å². The van der Waals surface area contributed by atoms with Gasteiger partial charge in [0.2, 0.25) is 0 Å². The minimum atomic E-state index is -0.376. The van der Waals surface area contributed by atoms with Crippen molar-refractivity contribution in [3.05, 3.63) is 131 Å². The van der Waals surface area contributed by atoms with Gasteiger partial charge in [0.05, 0.1) is 29.8 Å². The molecule has 7 nitrogen and oxygen atoms in total. The summed E-state index contributed by atoms with van der Waals surface area (Å²) in [5, 5.41) is 0.615. The number of methoxy groups -OCH3 is 1. The van der Waals surface area contributed by atoms with E-state index < -0.39 is 0 Å². The Balaban J connectivity index is 1.34. The lowest BCUT2D eigenvalue weighted by Gasteiger charge is -2.15. The monoisotopic (exact) mass is 535 g/mol. The maximum atomic E-state index is 13.5. The van der Waals surface area contributed by atoms with Gasteiger partial charge in [-0.25, -0.2) is 9.79 Å². The first-order chi connectivity index (χ1) is 19.1. The predicted octanol–water partition coefficient (Wildman–Crippen LogP) is 6.25. The number of thioether (sulfide) groups is 1. The number of amidine groups is 1. The Morgan fingerprint density at radius 3 is 2.54 bits per heavy atom. The van der Waals surface area contributed by atoms with Crippen molar-refractivity contribution < 1.29 is 19.1 Å². The third-order valence-electron chi connectivity index (χ3n) is 5.87. The average Bonchev–Trinajstić information content (AvgIpc) is 3.26. The lowest BCUT2D eigenvalue weighted by molar-refractivity contribution is -0.122. The number of ether oxygens (including phenoxy) is 2. The summed E-state index contributed by atoms with van der Waals surface area (Å²) < 4.78 is 10.7. The van der Waals surface area contributed by atoms with Gasteiger partial charge in [0.25, 0.3) is 5.91 Å². The molecule has 4 aromatic rings. The molecule has 2 heterocycles. The van der Waals surface area contributed by atoms with Crippen LogP contribution in [0.1, 0.15) is 27.0 Å². The van der Waals surface area contributed by atoms with Gasteiger partial charge < -0.3 is 9.47 Å². The second-order valence-corrected chi connectivity index (χ2v) is 9.65. The van der Waals surface area contributed by atoms with Gasteiger partial charge in [-0.1, -0.05) is 48.5 Å².